The molecule has 284 valence electrons. The number of rotatable bonds is 10. The van der Waals surface area contributed by atoms with E-state index in [9.17, 15) is 4.79 Å². The summed E-state index contributed by atoms with van der Waals surface area (Å²) in [5, 5.41) is 4.24. The summed E-state index contributed by atoms with van der Waals surface area (Å²) in [7, 11) is 0. The minimum absolute atomic E-state index is 0.0126. The van der Waals surface area contributed by atoms with Crippen molar-refractivity contribution >= 4 is 41.0 Å². The van der Waals surface area contributed by atoms with Crippen molar-refractivity contribution in [2.24, 2.45) is 10.9 Å². The average molecular weight is 770 g/mol. The third kappa shape index (κ3) is 8.13. The number of aliphatic imine (C=N–C) groups is 1. The molecular formula is C43H50Cl2N6O3. The lowest BCUT2D eigenvalue weighted by molar-refractivity contribution is -0.122. The number of hydrogen-bond donors (Lipinski definition) is 1. The Labute approximate surface area is 329 Å². The number of likely N-dealkylation sites (tertiary alicyclic amines) is 1. The van der Waals surface area contributed by atoms with Gasteiger partial charge in [0.2, 0.25) is 5.91 Å². The van der Waals surface area contributed by atoms with E-state index in [1.54, 1.807) is 12.4 Å². The largest absolute Gasteiger partial charge is 0.493 e. The molecule has 2 aliphatic heterocycles. The first kappa shape index (κ1) is 39.2. The van der Waals surface area contributed by atoms with Crippen molar-refractivity contribution < 1.29 is 14.3 Å². The van der Waals surface area contributed by atoms with Crippen LogP contribution in [0.5, 0.6) is 5.75 Å². The lowest BCUT2D eigenvalue weighted by atomic mass is 9.70. The minimum atomic E-state index is -0.973. The van der Waals surface area contributed by atoms with E-state index in [4.69, 9.17) is 37.9 Å². The average Bonchev–Trinajstić information content (AvgIpc) is 3.47. The second kappa shape index (κ2) is 16.5. The number of carbonyl (C=O) groups excluding carboxylic acids is 2. The maximum absolute atomic E-state index is 15.4. The van der Waals surface area contributed by atoms with Gasteiger partial charge < -0.3 is 15.0 Å². The second-order valence-electron chi connectivity index (χ2n) is 15.3. The van der Waals surface area contributed by atoms with E-state index in [2.05, 4.69) is 44.9 Å². The van der Waals surface area contributed by atoms with Gasteiger partial charge in [-0.2, -0.15) is 0 Å². The van der Waals surface area contributed by atoms with Crippen LogP contribution in [-0.2, 0) is 22.3 Å². The standard InChI is InChI=1S/C43H50Cl2N6O3/c1-7-54-37-25-38(42(4,5)6)47-27-36(37)40-49-29(3)43(32-13-17-34(45)18-14-32,28(2)31-11-15-33(44)16-12-31)51(40)41(53)50-22-19-30(20-23-50)24-39(52)48-26-35-10-8-9-21-46-35/h8-18,21,25,27-30H,7,19-20,22-24,26H2,1-6H3,(H,48,52)/t28-,29-,43+/m1/s1. The van der Waals surface area contributed by atoms with Gasteiger partial charge in [0.1, 0.15) is 17.1 Å². The number of carbonyl (C=O) groups is 2. The Bertz CT molecular complexity index is 1960. The van der Waals surface area contributed by atoms with Crippen molar-refractivity contribution in [2.75, 3.05) is 19.7 Å². The maximum Gasteiger partial charge on any atom is 0.326 e. The van der Waals surface area contributed by atoms with E-state index < -0.39 is 5.54 Å². The molecule has 0 radical (unpaired) electrons. The predicted molar refractivity (Wildman–Crippen MR) is 215 cm³/mol. The smallest absolute Gasteiger partial charge is 0.326 e. The van der Waals surface area contributed by atoms with E-state index >= 15 is 4.79 Å². The van der Waals surface area contributed by atoms with Gasteiger partial charge in [0.25, 0.3) is 0 Å². The highest BCUT2D eigenvalue weighted by Crippen LogP contribution is 2.51. The van der Waals surface area contributed by atoms with Gasteiger partial charge in [-0.05, 0) is 80.1 Å². The molecule has 4 aromatic rings. The molecular weight excluding hydrogens is 719 g/mol. The van der Waals surface area contributed by atoms with Crippen LogP contribution in [0, 0.1) is 5.92 Å². The molecule has 4 heterocycles. The van der Waals surface area contributed by atoms with Crippen LogP contribution in [0.4, 0.5) is 4.79 Å². The number of hydrogen-bond acceptors (Lipinski definition) is 6. The van der Waals surface area contributed by atoms with E-state index in [0.29, 0.717) is 72.7 Å². The quantitative estimate of drug-likeness (QED) is 0.174. The number of urea groups is 1. The molecule has 0 unspecified atom stereocenters. The highest BCUT2D eigenvalue weighted by Gasteiger charge is 2.57. The Morgan fingerprint density at radius 2 is 1.65 bits per heavy atom. The molecule has 9 nitrogen and oxygen atoms in total. The monoisotopic (exact) mass is 768 g/mol. The van der Waals surface area contributed by atoms with Crippen molar-refractivity contribution in [3.8, 4) is 5.75 Å². The Kier molecular flexibility index (Phi) is 12.0. The van der Waals surface area contributed by atoms with Gasteiger partial charge in [0.05, 0.1) is 30.5 Å². The SMILES string of the molecule is CCOc1cc(C(C)(C)C)ncc1C1=N[C@H](C)[C@](c2ccc(Cl)cc2)([C@H](C)c2ccc(Cl)cc2)N1C(=O)N1CCC(CC(=O)NCc2ccccn2)CC1. The van der Waals surface area contributed by atoms with Gasteiger partial charge >= 0.3 is 6.03 Å². The van der Waals surface area contributed by atoms with Crippen LogP contribution in [-0.4, -0.2) is 63.3 Å². The summed E-state index contributed by atoms with van der Waals surface area (Å²) < 4.78 is 6.29. The van der Waals surface area contributed by atoms with Crippen molar-refractivity contribution in [3.63, 3.8) is 0 Å². The van der Waals surface area contributed by atoms with E-state index in [0.717, 1.165) is 22.5 Å². The molecule has 3 atom stereocenters. The summed E-state index contributed by atoms with van der Waals surface area (Å²) in [6.07, 6.45) is 5.32. The summed E-state index contributed by atoms with van der Waals surface area (Å²) in [6, 6.07) is 22.7. The molecule has 54 heavy (non-hydrogen) atoms. The molecule has 1 fully saturated rings. The first-order chi connectivity index (χ1) is 25.8. The van der Waals surface area contributed by atoms with E-state index in [1.165, 1.54) is 0 Å². The Hall–Kier alpha value is -4.47. The topological polar surface area (TPSA) is 100 Å². The third-order valence-electron chi connectivity index (χ3n) is 10.8. The molecule has 2 aliphatic rings. The molecule has 3 amide bonds. The first-order valence-corrected chi connectivity index (χ1v) is 19.6. The number of pyridine rings is 2. The molecule has 0 bridgehead atoms. The number of nitrogens with zero attached hydrogens (tertiary/aromatic N) is 5. The van der Waals surface area contributed by atoms with Crippen LogP contribution in [0.15, 0.2) is 90.2 Å². The number of halogens is 2. The van der Waals surface area contributed by atoms with Crippen LogP contribution in [0.3, 0.4) is 0 Å². The minimum Gasteiger partial charge on any atom is -0.493 e. The van der Waals surface area contributed by atoms with Gasteiger partial charge in [-0.25, -0.2) is 4.79 Å². The maximum atomic E-state index is 15.4. The van der Waals surface area contributed by atoms with Crippen LogP contribution >= 0.6 is 23.2 Å². The number of nitrogens with one attached hydrogen (secondary N) is 1. The molecule has 2 aromatic heterocycles. The van der Waals surface area contributed by atoms with Crippen molar-refractivity contribution in [2.45, 2.75) is 90.3 Å². The number of piperidine rings is 1. The molecule has 0 saturated carbocycles. The van der Waals surface area contributed by atoms with Crippen LogP contribution in [0.25, 0.3) is 0 Å². The normalized spacial score (nSPS) is 19.7. The fraction of sp³-hybridized carbons (Fsp3) is 0.419. The van der Waals surface area contributed by atoms with Gasteiger partial charge in [0, 0.05) is 65.0 Å². The van der Waals surface area contributed by atoms with Crippen LogP contribution < -0.4 is 10.1 Å². The van der Waals surface area contributed by atoms with Crippen LogP contribution in [0.1, 0.15) is 94.8 Å². The Morgan fingerprint density at radius 3 is 2.26 bits per heavy atom. The van der Waals surface area contributed by atoms with Crippen molar-refractivity contribution in [1.82, 2.24) is 25.1 Å². The van der Waals surface area contributed by atoms with Crippen molar-refractivity contribution in [3.05, 3.63) is 123 Å². The van der Waals surface area contributed by atoms with E-state index in [-0.39, 0.29) is 35.2 Å². The number of aromatic nitrogens is 2. The zero-order valence-electron chi connectivity index (χ0n) is 32.0. The molecule has 11 heteroatoms. The predicted octanol–water partition coefficient (Wildman–Crippen LogP) is 9.17. The lowest BCUT2D eigenvalue weighted by Crippen LogP contribution is -2.60. The van der Waals surface area contributed by atoms with Gasteiger partial charge in [0.15, 0.2) is 0 Å². The van der Waals surface area contributed by atoms with Crippen LogP contribution in [0.2, 0.25) is 10.0 Å². The molecule has 0 spiro atoms. The molecule has 0 aliphatic carbocycles. The molecule has 1 N–H and O–H groups in total. The molecule has 6 rings (SSSR count). The van der Waals surface area contributed by atoms with Gasteiger partial charge in [-0.1, -0.05) is 81.2 Å². The summed E-state index contributed by atoms with van der Waals surface area (Å²) in [5.41, 5.74) is 3.08. The Balaban J connectivity index is 1.38. The van der Waals surface area contributed by atoms with Crippen molar-refractivity contribution in [1.29, 1.82) is 0 Å². The van der Waals surface area contributed by atoms with E-state index in [1.807, 2.05) is 89.5 Å². The number of amidine groups is 1. The summed E-state index contributed by atoms with van der Waals surface area (Å²) in [6.45, 7) is 14.3. The highest BCUT2D eigenvalue weighted by molar-refractivity contribution is 6.30. The molecule has 2 aromatic carbocycles. The first-order valence-electron chi connectivity index (χ1n) is 18.8. The Morgan fingerprint density at radius 1 is 0.981 bits per heavy atom. The highest BCUT2D eigenvalue weighted by atomic mass is 35.5. The fourth-order valence-electron chi connectivity index (χ4n) is 7.82. The molecule has 1 saturated heterocycles. The number of amides is 3. The number of benzene rings is 2. The lowest BCUT2D eigenvalue weighted by Gasteiger charge is -2.48. The zero-order chi connectivity index (χ0) is 38.6. The zero-order valence-corrected chi connectivity index (χ0v) is 33.5. The van der Waals surface area contributed by atoms with Gasteiger partial charge in [-0.3, -0.25) is 24.7 Å². The summed E-state index contributed by atoms with van der Waals surface area (Å²) >= 11 is 12.9. The van der Waals surface area contributed by atoms with Gasteiger partial charge in [-0.15, -0.1) is 0 Å². The summed E-state index contributed by atoms with van der Waals surface area (Å²) in [5.74, 6) is 1.03. The third-order valence-corrected chi connectivity index (χ3v) is 11.3. The fourth-order valence-corrected chi connectivity index (χ4v) is 8.08. The summed E-state index contributed by atoms with van der Waals surface area (Å²) in [4.78, 5) is 46.7. The second-order valence-corrected chi connectivity index (χ2v) is 16.2. The number of ether oxygens (including phenoxy) is 1.